The highest BCUT2D eigenvalue weighted by Gasteiger charge is 2.34. The summed E-state index contributed by atoms with van der Waals surface area (Å²) in [5.41, 5.74) is 0.336. The molecule has 1 fully saturated rings. The van der Waals surface area contributed by atoms with E-state index in [9.17, 15) is 9.59 Å². The minimum Gasteiger partial charge on any atom is -0.480 e. The van der Waals surface area contributed by atoms with E-state index in [2.05, 4.69) is 9.97 Å². The van der Waals surface area contributed by atoms with E-state index in [1.54, 1.807) is 0 Å². The molecule has 6 nitrogen and oxygen atoms in total. The molecule has 0 radical (unpaired) electrons. The Bertz CT molecular complexity index is 374. The number of H-pyrrole nitrogens is 1. The van der Waals surface area contributed by atoms with Crippen molar-refractivity contribution in [2.24, 2.45) is 0 Å². The number of aliphatic carboxylic acids is 1. The highest BCUT2D eigenvalue weighted by molar-refractivity contribution is 5.95. The third kappa shape index (κ3) is 1.70. The Morgan fingerprint density at radius 2 is 2.40 bits per heavy atom. The average molecular weight is 209 g/mol. The maximum atomic E-state index is 11.8. The van der Waals surface area contributed by atoms with E-state index in [4.69, 9.17) is 5.11 Å². The third-order valence-electron chi connectivity index (χ3n) is 2.53. The minimum atomic E-state index is -0.944. The summed E-state index contributed by atoms with van der Waals surface area (Å²) < 4.78 is 0. The lowest BCUT2D eigenvalue weighted by Crippen LogP contribution is -2.40. The van der Waals surface area contributed by atoms with Crippen LogP contribution in [0, 0.1) is 0 Å². The van der Waals surface area contributed by atoms with Crippen LogP contribution in [0.4, 0.5) is 0 Å². The summed E-state index contributed by atoms with van der Waals surface area (Å²) in [5, 5.41) is 8.91. The van der Waals surface area contributed by atoms with E-state index in [0.717, 1.165) is 6.42 Å². The van der Waals surface area contributed by atoms with Gasteiger partial charge in [0.25, 0.3) is 5.91 Å². The molecule has 6 heteroatoms. The number of nitrogens with zero attached hydrogens (tertiary/aromatic N) is 2. The number of carboxylic acid groups (broad SMARTS) is 1. The predicted molar refractivity (Wildman–Crippen MR) is 50.3 cm³/mol. The van der Waals surface area contributed by atoms with Gasteiger partial charge in [-0.25, -0.2) is 9.78 Å². The third-order valence-corrected chi connectivity index (χ3v) is 2.53. The van der Waals surface area contributed by atoms with Crippen LogP contribution in [0.15, 0.2) is 12.5 Å². The number of carbonyl (C=O) groups is 2. The monoisotopic (exact) mass is 209 g/mol. The topological polar surface area (TPSA) is 86.3 Å². The first kappa shape index (κ1) is 9.70. The first-order valence-corrected chi connectivity index (χ1v) is 4.72. The van der Waals surface area contributed by atoms with Crippen LogP contribution in [-0.4, -0.2) is 44.4 Å². The molecule has 0 saturated carbocycles. The zero-order chi connectivity index (χ0) is 10.8. The van der Waals surface area contributed by atoms with Crippen LogP contribution in [0.1, 0.15) is 23.3 Å². The van der Waals surface area contributed by atoms with E-state index in [-0.39, 0.29) is 5.91 Å². The van der Waals surface area contributed by atoms with Gasteiger partial charge in [-0.3, -0.25) is 4.79 Å². The van der Waals surface area contributed by atoms with Crippen molar-refractivity contribution in [1.82, 2.24) is 14.9 Å². The molecular formula is C9H11N3O3. The lowest BCUT2D eigenvalue weighted by molar-refractivity contribution is -0.141. The smallest absolute Gasteiger partial charge is 0.326 e. The van der Waals surface area contributed by atoms with Gasteiger partial charge in [0, 0.05) is 6.54 Å². The minimum absolute atomic E-state index is 0.294. The van der Waals surface area contributed by atoms with Gasteiger partial charge in [-0.2, -0.15) is 0 Å². The van der Waals surface area contributed by atoms with Crippen molar-refractivity contribution in [3.05, 3.63) is 18.2 Å². The van der Waals surface area contributed by atoms with E-state index >= 15 is 0 Å². The molecule has 0 aliphatic carbocycles. The molecule has 2 heterocycles. The fourth-order valence-corrected chi connectivity index (χ4v) is 1.79. The summed E-state index contributed by atoms with van der Waals surface area (Å²) in [5.74, 6) is -1.24. The van der Waals surface area contributed by atoms with E-state index < -0.39 is 12.0 Å². The summed E-state index contributed by atoms with van der Waals surface area (Å²) in [6.45, 7) is 0.495. The second-order valence-electron chi connectivity index (χ2n) is 3.46. The van der Waals surface area contributed by atoms with Crippen LogP contribution in [-0.2, 0) is 4.79 Å². The lowest BCUT2D eigenvalue weighted by atomic mass is 10.2. The van der Waals surface area contributed by atoms with Gasteiger partial charge in [-0.15, -0.1) is 0 Å². The number of nitrogens with one attached hydrogen (secondary N) is 1. The summed E-state index contributed by atoms with van der Waals surface area (Å²) in [7, 11) is 0. The van der Waals surface area contributed by atoms with Gasteiger partial charge >= 0.3 is 5.97 Å². The van der Waals surface area contributed by atoms with Crippen molar-refractivity contribution in [2.75, 3.05) is 6.54 Å². The van der Waals surface area contributed by atoms with Gasteiger partial charge < -0.3 is 15.0 Å². The first-order valence-electron chi connectivity index (χ1n) is 4.72. The Hall–Kier alpha value is -1.85. The molecule has 1 atom stereocenters. The normalized spacial score (nSPS) is 20.5. The second kappa shape index (κ2) is 3.72. The molecule has 1 aliphatic rings. The largest absolute Gasteiger partial charge is 0.480 e. The van der Waals surface area contributed by atoms with Crippen molar-refractivity contribution < 1.29 is 14.7 Å². The van der Waals surface area contributed by atoms with Crippen molar-refractivity contribution in [1.29, 1.82) is 0 Å². The van der Waals surface area contributed by atoms with Gasteiger partial charge in [-0.05, 0) is 12.8 Å². The number of carboxylic acids is 1. The Morgan fingerprint density at radius 3 is 3.00 bits per heavy atom. The van der Waals surface area contributed by atoms with Crippen molar-refractivity contribution in [3.8, 4) is 0 Å². The second-order valence-corrected chi connectivity index (χ2v) is 3.46. The fraction of sp³-hybridized carbons (Fsp3) is 0.444. The Labute approximate surface area is 85.9 Å². The lowest BCUT2D eigenvalue weighted by Gasteiger charge is -2.20. The zero-order valence-corrected chi connectivity index (χ0v) is 8.01. The fourth-order valence-electron chi connectivity index (χ4n) is 1.79. The Kier molecular flexibility index (Phi) is 2.40. The molecular weight excluding hydrogens is 198 g/mol. The Morgan fingerprint density at radius 1 is 1.60 bits per heavy atom. The van der Waals surface area contributed by atoms with Gasteiger partial charge in [-0.1, -0.05) is 0 Å². The van der Waals surface area contributed by atoms with Crippen molar-refractivity contribution in [2.45, 2.75) is 18.9 Å². The van der Waals surface area contributed by atoms with Gasteiger partial charge in [0.05, 0.1) is 12.5 Å². The number of aromatic nitrogens is 2. The Balaban J connectivity index is 2.17. The number of likely N-dealkylation sites (tertiary alicyclic amines) is 1. The molecule has 0 bridgehead atoms. The first-order chi connectivity index (χ1) is 7.20. The molecule has 1 aromatic rings. The quantitative estimate of drug-likeness (QED) is 0.723. The number of imidazole rings is 1. The summed E-state index contributed by atoms with van der Waals surface area (Å²) in [6, 6.07) is -0.694. The molecule has 1 aromatic heterocycles. The maximum absolute atomic E-state index is 11.8. The molecule has 0 spiro atoms. The van der Waals surface area contributed by atoms with Crippen molar-refractivity contribution in [3.63, 3.8) is 0 Å². The summed E-state index contributed by atoms with van der Waals surface area (Å²) in [6.07, 6.45) is 4.06. The molecule has 1 aliphatic heterocycles. The van der Waals surface area contributed by atoms with Crippen LogP contribution < -0.4 is 0 Å². The van der Waals surface area contributed by atoms with Crippen LogP contribution >= 0.6 is 0 Å². The van der Waals surface area contributed by atoms with Crippen LogP contribution in [0.25, 0.3) is 0 Å². The molecule has 0 aromatic carbocycles. The molecule has 0 unspecified atom stereocenters. The maximum Gasteiger partial charge on any atom is 0.326 e. The van der Waals surface area contributed by atoms with Gasteiger partial charge in [0.15, 0.2) is 0 Å². The molecule has 2 N–H and O–H groups in total. The number of carbonyl (C=O) groups excluding carboxylic acids is 1. The van der Waals surface area contributed by atoms with Crippen molar-refractivity contribution >= 4 is 11.9 Å². The van der Waals surface area contributed by atoms with Crippen LogP contribution in [0.2, 0.25) is 0 Å². The SMILES string of the molecule is O=C(O)[C@@H]1CCCN1C(=O)c1cnc[nH]1. The molecule has 80 valence electrons. The molecule has 2 rings (SSSR count). The zero-order valence-electron chi connectivity index (χ0n) is 8.01. The van der Waals surface area contributed by atoms with E-state index in [1.165, 1.54) is 17.4 Å². The highest BCUT2D eigenvalue weighted by Crippen LogP contribution is 2.19. The standard InChI is InChI=1S/C9H11N3O3/c13-8(6-4-10-5-11-6)12-3-1-2-7(12)9(14)15/h4-5,7H,1-3H2,(H,10,11)(H,14,15)/t7-/m0/s1. The van der Waals surface area contributed by atoms with Crippen LogP contribution in [0.5, 0.6) is 0 Å². The number of hydrogen-bond acceptors (Lipinski definition) is 3. The molecule has 1 amide bonds. The summed E-state index contributed by atoms with van der Waals surface area (Å²) >= 11 is 0. The average Bonchev–Trinajstić information content (AvgIpc) is 2.88. The molecule has 1 saturated heterocycles. The van der Waals surface area contributed by atoms with Crippen LogP contribution in [0.3, 0.4) is 0 Å². The number of rotatable bonds is 2. The highest BCUT2D eigenvalue weighted by atomic mass is 16.4. The predicted octanol–water partition coefficient (Wildman–Crippen LogP) is 0.0989. The van der Waals surface area contributed by atoms with E-state index in [0.29, 0.717) is 18.7 Å². The van der Waals surface area contributed by atoms with E-state index in [1.807, 2.05) is 0 Å². The van der Waals surface area contributed by atoms with Gasteiger partial charge in [0.1, 0.15) is 11.7 Å². The number of hydrogen-bond donors (Lipinski definition) is 2. The molecule has 15 heavy (non-hydrogen) atoms. The van der Waals surface area contributed by atoms with Gasteiger partial charge in [0.2, 0.25) is 0 Å². The number of amides is 1. The summed E-state index contributed by atoms with van der Waals surface area (Å²) in [4.78, 5) is 30.5. The number of aromatic amines is 1.